The average molecular weight is 441 g/mol. The number of hydrogen-bond donors (Lipinski definition) is 3. The molecule has 0 atom stereocenters. The van der Waals surface area contributed by atoms with Crippen LogP contribution in [0.4, 0.5) is 0 Å². The van der Waals surface area contributed by atoms with Gasteiger partial charge >= 0.3 is 0 Å². The van der Waals surface area contributed by atoms with Crippen molar-refractivity contribution in [3.8, 4) is 0 Å². The summed E-state index contributed by atoms with van der Waals surface area (Å²) in [6, 6.07) is 22.1. The van der Waals surface area contributed by atoms with Gasteiger partial charge in [-0.1, -0.05) is 54.6 Å². The highest BCUT2D eigenvalue weighted by atomic mass is 16.3. The first-order valence-electron chi connectivity index (χ1n) is 11.4. The second-order valence-electron chi connectivity index (χ2n) is 8.86. The first kappa shape index (κ1) is 21.2. The smallest absolute Gasteiger partial charge is 0.270 e. The lowest BCUT2D eigenvalue weighted by Gasteiger charge is -2.31. The zero-order valence-corrected chi connectivity index (χ0v) is 18.5. The van der Waals surface area contributed by atoms with Gasteiger partial charge in [-0.3, -0.25) is 10.2 Å². The number of nitrogens with zero attached hydrogens (tertiary/aromatic N) is 2. The van der Waals surface area contributed by atoms with E-state index >= 15 is 0 Å². The van der Waals surface area contributed by atoms with E-state index in [0.717, 1.165) is 40.1 Å². The van der Waals surface area contributed by atoms with Gasteiger partial charge in [-0.25, -0.2) is 0 Å². The minimum absolute atomic E-state index is 0.00667. The van der Waals surface area contributed by atoms with Crippen LogP contribution in [0.15, 0.2) is 66.7 Å². The van der Waals surface area contributed by atoms with E-state index in [4.69, 9.17) is 11.1 Å². The molecule has 1 aromatic heterocycles. The molecule has 1 aliphatic heterocycles. The number of nitrogens with two attached hydrogens (primary N) is 1. The second-order valence-corrected chi connectivity index (χ2v) is 8.86. The van der Waals surface area contributed by atoms with Crippen molar-refractivity contribution in [2.75, 3.05) is 19.7 Å². The summed E-state index contributed by atoms with van der Waals surface area (Å²) >= 11 is 0. The highest BCUT2D eigenvalue weighted by Crippen LogP contribution is 2.28. The standard InChI is InChI=1S/C27H28N4O2/c28-26(29)21-9-8-20-14-25(27(33)30-12-10-18(17-32)11-13-30)31(24(20)15-21)16-22-6-3-5-19-4-1-2-7-23(19)22/h1-9,14-15,18,32H,10-13,16-17H2,(H3,28,29). The Bertz CT molecular complexity index is 1340. The fourth-order valence-corrected chi connectivity index (χ4v) is 4.85. The molecule has 4 aromatic rings. The molecule has 0 radical (unpaired) electrons. The van der Waals surface area contributed by atoms with Gasteiger partial charge in [-0.2, -0.15) is 0 Å². The summed E-state index contributed by atoms with van der Waals surface area (Å²) in [4.78, 5) is 15.5. The van der Waals surface area contributed by atoms with Crippen molar-refractivity contribution in [1.82, 2.24) is 9.47 Å². The minimum Gasteiger partial charge on any atom is -0.396 e. The lowest BCUT2D eigenvalue weighted by atomic mass is 9.98. The van der Waals surface area contributed by atoms with Gasteiger partial charge in [0.1, 0.15) is 11.5 Å². The van der Waals surface area contributed by atoms with Crippen LogP contribution in [-0.2, 0) is 6.54 Å². The van der Waals surface area contributed by atoms with E-state index in [1.165, 1.54) is 0 Å². The largest absolute Gasteiger partial charge is 0.396 e. The van der Waals surface area contributed by atoms with Crippen LogP contribution in [0.2, 0.25) is 0 Å². The highest BCUT2D eigenvalue weighted by molar-refractivity contribution is 6.02. The van der Waals surface area contributed by atoms with Crippen LogP contribution in [0.1, 0.15) is 34.5 Å². The second kappa shape index (κ2) is 8.71. The van der Waals surface area contributed by atoms with Gasteiger partial charge in [0.05, 0.1) is 0 Å². The Kier molecular flexibility index (Phi) is 5.60. The molecule has 6 heteroatoms. The number of carbonyl (C=O) groups excluding carboxylic acids is 1. The molecule has 1 aliphatic rings. The Hall–Kier alpha value is -3.64. The van der Waals surface area contributed by atoms with Crippen LogP contribution in [0, 0.1) is 11.3 Å². The van der Waals surface area contributed by atoms with E-state index in [0.29, 0.717) is 30.9 Å². The van der Waals surface area contributed by atoms with Crippen molar-refractivity contribution in [3.05, 3.63) is 83.6 Å². The van der Waals surface area contributed by atoms with Gasteiger partial charge in [0, 0.05) is 42.7 Å². The van der Waals surface area contributed by atoms with Crippen LogP contribution in [0.5, 0.6) is 0 Å². The zero-order valence-electron chi connectivity index (χ0n) is 18.5. The van der Waals surface area contributed by atoms with Crippen molar-refractivity contribution in [2.45, 2.75) is 19.4 Å². The van der Waals surface area contributed by atoms with Gasteiger partial charge in [0.15, 0.2) is 0 Å². The van der Waals surface area contributed by atoms with E-state index in [9.17, 15) is 9.90 Å². The van der Waals surface area contributed by atoms with Crippen LogP contribution in [0.25, 0.3) is 21.7 Å². The molecule has 3 aromatic carbocycles. The molecule has 2 heterocycles. The van der Waals surface area contributed by atoms with Crippen molar-refractivity contribution >= 4 is 33.4 Å². The molecule has 6 nitrogen and oxygen atoms in total. The topological polar surface area (TPSA) is 95.3 Å². The van der Waals surface area contributed by atoms with Gasteiger partial charge in [0.25, 0.3) is 5.91 Å². The third kappa shape index (κ3) is 3.98. The molecule has 168 valence electrons. The monoisotopic (exact) mass is 440 g/mol. The van der Waals surface area contributed by atoms with Gasteiger partial charge in [0.2, 0.25) is 0 Å². The summed E-state index contributed by atoms with van der Waals surface area (Å²) in [7, 11) is 0. The van der Waals surface area contributed by atoms with Crippen LogP contribution < -0.4 is 5.73 Å². The van der Waals surface area contributed by atoms with E-state index < -0.39 is 0 Å². The molecule has 1 amide bonds. The number of amidine groups is 1. The number of rotatable bonds is 5. The molecule has 0 saturated carbocycles. The predicted octanol–water partition coefficient (Wildman–Crippen LogP) is 3.97. The average Bonchev–Trinajstić information content (AvgIpc) is 3.21. The number of nitrogen functional groups attached to an aromatic ring is 1. The summed E-state index contributed by atoms with van der Waals surface area (Å²) in [5.74, 6) is 0.287. The van der Waals surface area contributed by atoms with Crippen LogP contribution in [-0.4, -0.2) is 46.0 Å². The maximum atomic E-state index is 13.6. The molecule has 0 aliphatic carbocycles. The van der Waals surface area contributed by atoms with E-state index in [2.05, 4.69) is 28.8 Å². The van der Waals surface area contributed by atoms with Gasteiger partial charge < -0.3 is 20.3 Å². The summed E-state index contributed by atoms with van der Waals surface area (Å²) in [5.41, 5.74) is 9.08. The van der Waals surface area contributed by atoms with E-state index in [1.807, 2.05) is 47.4 Å². The summed E-state index contributed by atoms with van der Waals surface area (Å²) in [6.07, 6.45) is 1.64. The predicted molar refractivity (Wildman–Crippen MR) is 132 cm³/mol. The molecule has 0 spiro atoms. The van der Waals surface area contributed by atoms with E-state index in [1.54, 1.807) is 0 Å². The summed E-state index contributed by atoms with van der Waals surface area (Å²) in [6.45, 7) is 2.02. The lowest BCUT2D eigenvalue weighted by Crippen LogP contribution is -2.40. The number of carbonyl (C=O) groups is 1. The number of piperidine rings is 1. The van der Waals surface area contributed by atoms with Gasteiger partial charge in [-0.05, 0) is 47.2 Å². The number of aliphatic hydroxyl groups excluding tert-OH is 1. The third-order valence-electron chi connectivity index (χ3n) is 6.80. The normalized spacial score (nSPS) is 14.8. The Balaban J connectivity index is 1.61. The Morgan fingerprint density at radius 1 is 1.00 bits per heavy atom. The minimum atomic E-state index is 0.00667. The van der Waals surface area contributed by atoms with Crippen LogP contribution >= 0.6 is 0 Å². The molecule has 0 unspecified atom stereocenters. The van der Waals surface area contributed by atoms with E-state index in [-0.39, 0.29) is 24.3 Å². The first-order chi connectivity index (χ1) is 16.0. The molecule has 4 N–H and O–H groups in total. The highest BCUT2D eigenvalue weighted by Gasteiger charge is 2.26. The van der Waals surface area contributed by atoms with Gasteiger partial charge in [-0.15, -0.1) is 0 Å². The summed E-state index contributed by atoms with van der Waals surface area (Å²) in [5, 5.41) is 20.6. The van der Waals surface area contributed by atoms with Crippen molar-refractivity contribution < 1.29 is 9.90 Å². The first-order valence-corrected chi connectivity index (χ1v) is 11.4. The maximum Gasteiger partial charge on any atom is 0.270 e. The quantitative estimate of drug-likeness (QED) is 0.324. The zero-order chi connectivity index (χ0) is 22.9. The maximum absolute atomic E-state index is 13.6. The molecule has 1 saturated heterocycles. The molecule has 5 rings (SSSR count). The molecule has 0 bridgehead atoms. The number of likely N-dealkylation sites (tertiary alicyclic amines) is 1. The number of nitrogens with one attached hydrogen (secondary N) is 1. The fraction of sp³-hybridized carbons (Fsp3) is 0.259. The van der Waals surface area contributed by atoms with Crippen molar-refractivity contribution in [2.24, 2.45) is 11.7 Å². The lowest BCUT2D eigenvalue weighted by molar-refractivity contribution is 0.0641. The molecule has 33 heavy (non-hydrogen) atoms. The molecule has 1 fully saturated rings. The fourth-order valence-electron chi connectivity index (χ4n) is 4.85. The van der Waals surface area contributed by atoms with Crippen LogP contribution in [0.3, 0.4) is 0 Å². The number of aromatic nitrogens is 1. The summed E-state index contributed by atoms with van der Waals surface area (Å²) < 4.78 is 2.06. The Morgan fingerprint density at radius 2 is 1.76 bits per heavy atom. The molecular weight excluding hydrogens is 412 g/mol. The number of benzene rings is 3. The SMILES string of the molecule is N=C(N)c1ccc2cc(C(=O)N3CCC(CO)CC3)n(Cc3cccc4ccccc34)c2c1. The molecular formula is C27H28N4O2. The van der Waals surface area contributed by atoms with Crippen molar-refractivity contribution in [3.63, 3.8) is 0 Å². The number of aliphatic hydroxyl groups is 1. The number of fused-ring (bicyclic) bond motifs is 2. The van der Waals surface area contributed by atoms with Crippen molar-refractivity contribution in [1.29, 1.82) is 5.41 Å². The Labute approximate surface area is 192 Å². The number of amides is 1. The number of hydrogen-bond acceptors (Lipinski definition) is 3. The Morgan fingerprint density at radius 3 is 2.52 bits per heavy atom. The third-order valence-corrected chi connectivity index (χ3v) is 6.80.